The highest BCUT2D eigenvalue weighted by molar-refractivity contribution is 6.31. The third-order valence-electron chi connectivity index (χ3n) is 3.19. The molecule has 1 aromatic heterocycles. The minimum Gasteiger partial charge on any atom is -0.271 e. The van der Waals surface area contributed by atoms with Crippen LogP contribution < -0.4 is 11.3 Å². The Balaban J connectivity index is 2.36. The first kappa shape index (κ1) is 14.8. The molecule has 1 aromatic carbocycles. The summed E-state index contributed by atoms with van der Waals surface area (Å²) >= 11 is 6.05. The lowest BCUT2D eigenvalue weighted by molar-refractivity contribution is 0.523. The summed E-state index contributed by atoms with van der Waals surface area (Å²) in [7, 11) is 0. The van der Waals surface area contributed by atoms with Gasteiger partial charge in [0.2, 0.25) is 0 Å². The Labute approximate surface area is 122 Å². The smallest absolute Gasteiger partial charge is 0.127 e. The molecule has 106 valence electrons. The average Bonchev–Trinajstić information content (AvgIpc) is 2.42. The molecular weight excluding hydrogens is 279 g/mol. The molecule has 4 nitrogen and oxygen atoms in total. The van der Waals surface area contributed by atoms with Crippen molar-refractivity contribution in [3.63, 3.8) is 0 Å². The Morgan fingerprint density at radius 1 is 1.35 bits per heavy atom. The highest BCUT2D eigenvalue weighted by Crippen LogP contribution is 2.26. The molecule has 0 radical (unpaired) electrons. The molecule has 1 unspecified atom stereocenters. The molecule has 0 aliphatic heterocycles. The zero-order valence-corrected chi connectivity index (χ0v) is 12.1. The fourth-order valence-electron chi connectivity index (χ4n) is 2.11. The van der Waals surface area contributed by atoms with Crippen LogP contribution in [0.5, 0.6) is 0 Å². The fraction of sp³-hybridized carbons (Fsp3) is 0.286. The molecule has 0 aliphatic carbocycles. The lowest BCUT2D eigenvalue weighted by Gasteiger charge is -2.19. The van der Waals surface area contributed by atoms with E-state index in [1.54, 1.807) is 12.1 Å². The number of benzene rings is 1. The summed E-state index contributed by atoms with van der Waals surface area (Å²) in [6.45, 7) is 3.69. The van der Waals surface area contributed by atoms with Crippen LogP contribution in [-0.2, 0) is 6.42 Å². The van der Waals surface area contributed by atoms with Gasteiger partial charge in [0.15, 0.2) is 0 Å². The Morgan fingerprint density at radius 2 is 2.10 bits per heavy atom. The molecule has 0 amide bonds. The monoisotopic (exact) mass is 294 g/mol. The number of halogens is 2. The summed E-state index contributed by atoms with van der Waals surface area (Å²) in [4.78, 5) is 0. The molecule has 2 rings (SSSR count). The summed E-state index contributed by atoms with van der Waals surface area (Å²) in [5.74, 6) is 5.27. The van der Waals surface area contributed by atoms with Crippen molar-refractivity contribution in [2.75, 3.05) is 0 Å². The molecule has 0 aliphatic rings. The van der Waals surface area contributed by atoms with Gasteiger partial charge < -0.3 is 0 Å². The fourth-order valence-corrected chi connectivity index (χ4v) is 2.35. The molecule has 0 spiro atoms. The lowest BCUT2D eigenvalue weighted by atomic mass is 9.98. The molecule has 20 heavy (non-hydrogen) atoms. The van der Waals surface area contributed by atoms with Gasteiger partial charge in [0.1, 0.15) is 5.82 Å². The summed E-state index contributed by atoms with van der Waals surface area (Å²) in [5, 5.41) is 8.43. The molecule has 0 fully saturated rings. The molecule has 0 saturated heterocycles. The van der Waals surface area contributed by atoms with Crippen LogP contribution >= 0.6 is 11.6 Å². The Hall–Kier alpha value is -1.56. The van der Waals surface area contributed by atoms with Gasteiger partial charge >= 0.3 is 0 Å². The number of aromatic nitrogens is 2. The summed E-state index contributed by atoms with van der Waals surface area (Å²) in [6.07, 6.45) is 0.341. The van der Waals surface area contributed by atoms with Gasteiger partial charge in [0, 0.05) is 10.6 Å². The van der Waals surface area contributed by atoms with Gasteiger partial charge in [-0.1, -0.05) is 17.7 Å². The maximum Gasteiger partial charge on any atom is 0.127 e. The van der Waals surface area contributed by atoms with Crippen molar-refractivity contribution in [3.8, 4) is 0 Å². The second kappa shape index (κ2) is 6.26. The molecule has 0 bridgehead atoms. The minimum absolute atomic E-state index is 0.279. The van der Waals surface area contributed by atoms with E-state index in [0.29, 0.717) is 17.0 Å². The maximum atomic E-state index is 13.9. The number of nitrogens with one attached hydrogen (secondary N) is 1. The van der Waals surface area contributed by atoms with Crippen LogP contribution in [0.15, 0.2) is 24.3 Å². The number of nitrogens with zero attached hydrogens (tertiary/aromatic N) is 2. The van der Waals surface area contributed by atoms with Crippen LogP contribution in [0.3, 0.4) is 0 Å². The van der Waals surface area contributed by atoms with Crippen LogP contribution in [0.25, 0.3) is 0 Å². The van der Waals surface area contributed by atoms with E-state index in [2.05, 4.69) is 15.6 Å². The number of nitrogens with two attached hydrogens (primary N) is 1. The predicted octanol–water partition coefficient (Wildman–Crippen LogP) is 2.63. The van der Waals surface area contributed by atoms with E-state index in [4.69, 9.17) is 17.4 Å². The quantitative estimate of drug-likeness (QED) is 0.672. The van der Waals surface area contributed by atoms with Gasteiger partial charge in [0.05, 0.1) is 17.4 Å². The average molecular weight is 295 g/mol. The van der Waals surface area contributed by atoms with Gasteiger partial charge in [-0.05, 0) is 44.0 Å². The van der Waals surface area contributed by atoms with Gasteiger partial charge in [-0.3, -0.25) is 11.3 Å². The minimum atomic E-state index is -0.339. The number of rotatable bonds is 4. The first-order valence-electron chi connectivity index (χ1n) is 6.22. The molecule has 6 heteroatoms. The number of hydrazine groups is 1. The third-order valence-corrected chi connectivity index (χ3v) is 3.54. The van der Waals surface area contributed by atoms with E-state index in [-0.39, 0.29) is 11.9 Å². The van der Waals surface area contributed by atoms with Crippen molar-refractivity contribution in [3.05, 3.63) is 57.6 Å². The predicted molar refractivity (Wildman–Crippen MR) is 76.7 cm³/mol. The Kier molecular flexibility index (Phi) is 4.65. The zero-order valence-electron chi connectivity index (χ0n) is 11.3. The summed E-state index contributed by atoms with van der Waals surface area (Å²) < 4.78 is 13.9. The SMILES string of the molecule is Cc1cc(C(Cc2c(F)cccc2Cl)NN)c(C)nn1. The summed E-state index contributed by atoms with van der Waals surface area (Å²) in [5.41, 5.74) is 5.56. The maximum absolute atomic E-state index is 13.9. The van der Waals surface area contributed by atoms with E-state index < -0.39 is 0 Å². The van der Waals surface area contributed by atoms with Gasteiger partial charge in [0.25, 0.3) is 0 Å². The second-order valence-corrected chi connectivity index (χ2v) is 5.06. The molecule has 1 heterocycles. The van der Waals surface area contributed by atoms with Crippen LogP contribution in [-0.4, -0.2) is 10.2 Å². The van der Waals surface area contributed by atoms with Crippen LogP contribution in [0.4, 0.5) is 4.39 Å². The van der Waals surface area contributed by atoms with Crippen molar-refractivity contribution >= 4 is 11.6 Å². The van der Waals surface area contributed by atoms with E-state index >= 15 is 0 Å². The van der Waals surface area contributed by atoms with Crippen LogP contribution in [0, 0.1) is 19.7 Å². The lowest BCUT2D eigenvalue weighted by Crippen LogP contribution is -2.31. The molecule has 2 aromatic rings. The molecule has 0 saturated carbocycles. The van der Waals surface area contributed by atoms with E-state index in [0.717, 1.165) is 17.0 Å². The highest BCUT2D eigenvalue weighted by Gasteiger charge is 2.18. The summed E-state index contributed by atoms with van der Waals surface area (Å²) in [6, 6.07) is 6.24. The zero-order chi connectivity index (χ0) is 14.7. The van der Waals surface area contributed by atoms with Crippen LogP contribution in [0.1, 0.15) is 28.6 Å². The topological polar surface area (TPSA) is 63.8 Å². The molecule has 3 N–H and O–H groups in total. The normalized spacial score (nSPS) is 12.4. The first-order valence-corrected chi connectivity index (χ1v) is 6.60. The Bertz CT molecular complexity index is 598. The van der Waals surface area contributed by atoms with Crippen molar-refractivity contribution in [1.29, 1.82) is 0 Å². The number of aryl methyl sites for hydroxylation is 2. The van der Waals surface area contributed by atoms with E-state index in [9.17, 15) is 4.39 Å². The molecule has 1 atom stereocenters. The van der Waals surface area contributed by atoms with Gasteiger partial charge in [-0.25, -0.2) is 4.39 Å². The van der Waals surface area contributed by atoms with Crippen molar-refractivity contribution in [2.24, 2.45) is 5.84 Å². The number of hydrogen-bond donors (Lipinski definition) is 2. The van der Waals surface area contributed by atoms with E-state index in [1.807, 2.05) is 19.9 Å². The van der Waals surface area contributed by atoms with Crippen molar-refractivity contribution < 1.29 is 4.39 Å². The molecular formula is C14H16ClFN4. The third kappa shape index (κ3) is 3.12. The number of hydrogen-bond acceptors (Lipinski definition) is 4. The van der Waals surface area contributed by atoms with Crippen LogP contribution in [0.2, 0.25) is 5.02 Å². The van der Waals surface area contributed by atoms with Gasteiger partial charge in [-0.2, -0.15) is 10.2 Å². The van der Waals surface area contributed by atoms with Crippen molar-refractivity contribution in [1.82, 2.24) is 15.6 Å². The standard InChI is InChI=1S/C14H16ClFN4/c1-8-6-10(9(2)20-19-8)14(18-17)7-11-12(15)4-3-5-13(11)16/h3-6,14,18H,7,17H2,1-2H3. The van der Waals surface area contributed by atoms with Crippen molar-refractivity contribution in [2.45, 2.75) is 26.3 Å². The largest absolute Gasteiger partial charge is 0.271 e. The first-order chi connectivity index (χ1) is 9.52. The second-order valence-electron chi connectivity index (χ2n) is 4.65. The highest BCUT2D eigenvalue weighted by atomic mass is 35.5. The van der Waals surface area contributed by atoms with Gasteiger partial charge in [-0.15, -0.1) is 0 Å². The Morgan fingerprint density at radius 3 is 2.75 bits per heavy atom. The van der Waals surface area contributed by atoms with E-state index in [1.165, 1.54) is 6.07 Å².